The average Bonchev–Trinajstić information content (AvgIpc) is 3.04. The average molecular weight is 322 g/mol. The van der Waals surface area contributed by atoms with Crippen molar-refractivity contribution in [3.05, 3.63) is 22.4 Å². The van der Waals surface area contributed by atoms with Gasteiger partial charge >= 0.3 is 5.97 Å². The Balaban J connectivity index is 2.06. The highest BCUT2D eigenvalue weighted by Crippen LogP contribution is 2.07. The zero-order chi connectivity index (χ0) is 16.6. The monoisotopic (exact) mass is 322 g/mol. The van der Waals surface area contributed by atoms with E-state index in [1.807, 2.05) is 6.07 Å². The highest BCUT2D eigenvalue weighted by Gasteiger charge is 1.92. The van der Waals surface area contributed by atoms with Crippen LogP contribution in [0.4, 0.5) is 0 Å². The van der Waals surface area contributed by atoms with Crippen LogP contribution in [0.15, 0.2) is 17.5 Å². The van der Waals surface area contributed by atoms with Gasteiger partial charge in [0.15, 0.2) is 0 Å². The molecule has 1 N–H and O–H groups in total. The molecule has 0 atom stereocenters. The van der Waals surface area contributed by atoms with Crippen LogP contribution in [0.25, 0.3) is 0 Å². The lowest BCUT2D eigenvalue weighted by Crippen LogP contribution is -1.92. The van der Waals surface area contributed by atoms with Gasteiger partial charge in [0.1, 0.15) is 0 Å². The number of thiophene rings is 1. The smallest absolute Gasteiger partial charge is 0.303 e. The van der Waals surface area contributed by atoms with Crippen molar-refractivity contribution in [2.45, 2.75) is 44.9 Å². The lowest BCUT2D eigenvalue weighted by atomic mass is 10.2. The molecule has 1 heterocycles. The molecule has 0 amide bonds. The van der Waals surface area contributed by atoms with Crippen LogP contribution in [0.1, 0.15) is 43.4 Å². The third-order valence-electron chi connectivity index (χ3n) is 2.57. The first-order chi connectivity index (χ1) is 11.3. The van der Waals surface area contributed by atoms with Gasteiger partial charge in [0.2, 0.25) is 0 Å². The molecule has 0 aliphatic heterocycles. The van der Waals surface area contributed by atoms with Gasteiger partial charge in [-0.1, -0.05) is 47.5 Å². The maximum atomic E-state index is 10.3. The molecule has 0 saturated carbocycles. The fourth-order valence-corrected chi connectivity index (χ4v) is 2.13. The van der Waals surface area contributed by atoms with Crippen LogP contribution in [0.3, 0.4) is 0 Å². The summed E-state index contributed by atoms with van der Waals surface area (Å²) in [6.07, 6.45) is 3.79. The van der Waals surface area contributed by atoms with E-state index in [0.29, 0.717) is 32.1 Å². The Kier molecular flexibility index (Phi) is 10.5. The standard InChI is InChI=1S/C20H18O2S/c21-20(22)17-13-11-9-7-5-3-1-2-4-6-8-10-12-15-19-16-14-18-23-19/h14,16,18H,2,5,8,11,13,15,17H2,(H,21,22). The zero-order valence-corrected chi connectivity index (χ0v) is 13.8. The van der Waals surface area contributed by atoms with Gasteiger partial charge in [-0.3, -0.25) is 4.79 Å². The predicted octanol–water partition coefficient (Wildman–Crippen LogP) is 3.73. The van der Waals surface area contributed by atoms with Crippen LogP contribution in [0.2, 0.25) is 0 Å². The summed E-state index contributed by atoms with van der Waals surface area (Å²) in [6.45, 7) is 0. The number of aliphatic carboxylic acids is 1. The van der Waals surface area contributed by atoms with Crippen LogP contribution in [-0.2, 0) is 11.2 Å². The Morgan fingerprint density at radius 3 is 2.13 bits per heavy atom. The van der Waals surface area contributed by atoms with Crippen molar-refractivity contribution in [1.82, 2.24) is 0 Å². The van der Waals surface area contributed by atoms with Gasteiger partial charge in [0, 0.05) is 24.1 Å². The van der Waals surface area contributed by atoms with Crippen molar-refractivity contribution in [3.8, 4) is 47.4 Å². The zero-order valence-electron chi connectivity index (χ0n) is 12.9. The summed E-state index contributed by atoms with van der Waals surface area (Å²) < 4.78 is 0. The van der Waals surface area contributed by atoms with Crippen LogP contribution in [0, 0.1) is 47.4 Å². The normalized spacial score (nSPS) is 8.17. The molecular formula is C20H18O2S. The Bertz CT molecular complexity index is 714. The molecule has 1 aromatic rings. The molecule has 0 saturated heterocycles. The molecule has 0 spiro atoms. The Morgan fingerprint density at radius 2 is 1.57 bits per heavy atom. The third-order valence-corrected chi connectivity index (χ3v) is 3.44. The largest absolute Gasteiger partial charge is 0.481 e. The second-order valence-electron chi connectivity index (χ2n) is 4.45. The number of carbonyl (C=O) groups is 1. The highest BCUT2D eigenvalue weighted by atomic mass is 32.1. The summed E-state index contributed by atoms with van der Waals surface area (Å²) in [4.78, 5) is 11.6. The molecule has 0 aliphatic carbocycles. The fourth-order valence-electron chi connectivity index (χ4n) is 1.49. The molecule has 0 aliphatic rings. The van der Waals surface area contributed by atoms with E-state index in [1.165, 1.54) is 4.88 Å². The number of carboxylic acids is 1. The minimum atomic E-state index is -0.777. The molecule has 0 radical (unpaired) electrons. The van der Waals surface area contributed by atoms with E-state index >= 15 is 0 Å². The molecule has 0 unspecified atom stereocenters. The van der Waals surface area contributed by atoms with E-state index in [2.05, 4.69) is 58.8 Å². The summed E-state index contributed by atoms with van der Waals surface area (Å²) >= 11 is 1.72. The van der Waals surface area contributed by atoms with Gasteiger partial charge < -0.3 is 5.11 Å². The van der Waals surface area contributed by atoms with Crippen LogP contribution in [-0.4, -0.2) is 11.1 Å². The molecule has 3 heteroatoms. The van der Waals surface area contributed by atoms with Crippen molar-refractivity contribution in [2.75, 3.05) is 0 Å². The topological polar surface area (TPSA) is 37.3 Å². The lowest BCUT2D eigenvalue weighted by molar-refractivity contribution is -0.137. The van der Waals surface area contributed by atoms with Gasteiger partial charge in [-0.15, -0.1) is 17.3 Å². The van der Waals surface area contributed by atoms with E-state index in [1.54, 1.807) is 11.3 Å². The SMILES string of the molecule is O=C(O)CCCC#CCC#CCC#CCC#CCc1cccs1. The molecule has 116 valence electrons. The predicted molar refractivity (Wildman–Crippen MR) is 94.5 cm³/mol. The van der Waals surface area contributed by atoms with Crippen molar-refractivity contribution in [2.24, 2.45) is 0 Å². The van der Waals surface area contributed by atoms with Gasteiger partial charge in [-0.2, -0.15) is 0 Å². The second-order valence-corrected chi connectivity index (χ2v) is 5.48. The highest BCUT2D eigenvalue weighted by molar-refractivity contribution is 7.09. The van der Waals surface area contributed by atoms with Gasteiger partial charge in [0.05, 0.1) is 19.3 Å². The molecule has 2 nitrogen and oxygen atoms in total. The first-order valence-corrected chi connectivity index (χ1v) is 8.24. The third kappa shape index (κ3) is 11.7. The fraction of sp³-hybridized carbons (Fsp3) is 0.350. The first-order valence-electron chi connectivity index (χ1n) is 7.36. The van der Waals surface area contributed by atoms with Crippen molar-refractivity contribution >= 4 is 17.3 Å². The van der Waals surface area contributed by atoms with E-state index in [4.69, 9.17) is 5.11 Å². The maximum absolute atomic E-state index is 10.3. The molecule has 23 heavy (non-hydrogen) atoms. The van der Waals surface area contributed by atoms with E-state index in [0.717, 1.165) is 6.42 Å². The molecule has 0 aromatic carbocycles. The van der Waals surface area contributed by atoms with Gasteiger partial charge in [0.25, 0.3) is 0 Å². The van der Waals surface area contributed by atoms with Gasteiger partial charge in [-0.25, -0.2) is 0 Å². The van der Waals surface area contributed by atoms with E-state index < -0.39 is 5.97 Å². The van der Waals surface area contributed by atoms with Crippen LogP contribution >= 0.6 is 11.3 Å². The Morgan fingerprint density at radius 1 is 0.957 bits per heavy atom. The maximum Gasteiger partial charge on any atom is 0.303 e. The van der Waals surface area contributed by atoms with Gasteiger partial charge in [-0.05, 0) is 17.9 Å². The summed E-state index contributed by atoms with van der Waals surface area (Å²) in [5.74, 6) is 23.0. The number of carboxylic acid groups (broad SMARTS) is 1. The number of hydrogen-bond donors (Lipinski definition) is 1. The molecule has 1 aromatic heterocycles. The number of rotatable bonds is 4. The molecular weight excluding hydrogens is 304 g/mol. The van der Waals surface area contributed by atoms with Crippen molar-refractivity contribution in [1.29, 1.82) is 0 Å². The van der Waals surface area contributed by atoms with Crippen LogP contribution in [0.5, 0.6) is 0 Å². The first kappa shape index (κ1) is 18.5. The minimum Gasteiger partial charge on any atom is -0.481 e. The van der Waals surface area contributed by atoms with Crippen molar-refractivity contribution < 1.29 is 9.90 Å². The molecule has 1 rings (SSSR count). The van der Waals surface area contributed by atoms with E-state index in [-0.39, 0.29) is 6.42 Å². The lowest BCUT2D eigenvalue weighted by Gasteiger charge is -1.86. The van der Waals surface area contributed by atoms with E-state index in [9.17, 15) is 4.79 Å². The summed E-state index contributed by atoms with van der Waals surface area (Å²) in [5.41, 5.74) is 0. The molecule has 0 fully saturated rings. The van der Waals surface area contributed by atoms with Crippen LogP contribution < -0.4 is 0 Å². The molecule has 0 bridgehead atoms. The summed E-state index contributed by atoms with van der Waals surface area (Å²) in [7, 11) is 0. The summed E-state index contributed by atoms with van der Waals surface area (Å²) in [5, 5.41) is 10.5. The minimum absolute atomic E-state index is 0.173. The number of hydrogen-bond acceptors (Lipinski definition) is 2. The second kappa shape index (κ2) is 13.1. The van der Waals surface area contributed by atoms with Crippen molar-refractivity contribution in [3.63, 3.8) is 0 Å². The summed E-state index contributed by atoms with van der Waals surface area (Å²) in [6, 6.07) is 4.11. The number of unbranched alkanes of at least 4 members (excludes halogenated alkanes) is 1. The quantitative estimate of drug-likeness (QED) is 0.677. The Hall–Kier alpha value is -2.59. The Labute approximate surface area is 142 Å².